The van der Waals surface area contributed by atoms with Gasteiger partial charge < -0.3 is 10.1 Å². The predicted octanol–water partition coefficient (Wildman–Crippen LogP) is 2.30. The molecule has 0 saturated carbocycles. The third kappa shape index (κ3) is 3.46. The lowest BCUT2D eigenvalue weighted by Crippen LogP contribution is -2.15. The van der Waals surface area contributed by atoms with Crippen LogP contribution in [-0.2, 0) is 9.53 Å². The van der Waals surface area contributed by atoms with E-state index in [-0.39, 0.29) is 12.5 Å². The van der Waals surface area contributed by atoms with Crippen molar-refractivity contribution in [3.05, 3.63) is 35.9 Å². The quantitative estimate of drug-likeness (QED) is 0.766. The van der Waals surface area contributed by atoms with Gasteiger partial charge in [-0.25, -0.2) is 0 Å². The van der Waals surface area contributed by atoms with Crippen LogP contribution in [0, 0.1) is 0 Å². The Bertz CT molecular complexity index is 358. The van der Waals surface area contributed by atoms with Crippen molar-refractivity contribution in [1.82, 2.24) is 0 Å². The molecule has 0 aromatic heterocycles. The summed E-state index contributed by atoms with van der Waals surface area (Å²) < 4.78 is 4.55. The SMILES string of the molecule is CC=Cc1ccccc1NCC(=O)OC. The summed E-state index contributed by atoms with van der Waals surface area (Å²) >= 11 is 0. The number of esters is 1. The van der Waals surface area contributed by atoms with E-state index < -0.39 is 0 Å². The number of benzene rings is 1. The maximum absolute atomic E-state index is 11.0. The van der Waals surface area contributed by atoms with Crippen LogP contribution in [0.15, 0.2) is 30.3 Å². The van der Waals surface area contributed by atoms with E-state index in [4.69, 9.17) is 0 Å². The highest BCUT2D eigenvalue weighted by atomic mass is 16.5. The Hall–Kier alpha value is -1.77. The Balaban J connectivity index is 2.71. The molecule has 0 spiro atoms. The molecule has 0 aliphatic rings. The third-order valence-electron chi connectivity index (χ3n) is 1.96. The second-order valence-corrected chi connectivity index (χ2v) is 3.02. The molecule has 80 valence electrons. The number of anilines is 1. The van der Waals surface area contributed by atoms with Gasteiger partial charge in [0.1, 0.15) is 6.54 Å². The molecule has 0 atom stereocenters. The van der Waals surface area contributed by atoms with Gasteiger partial charge >= 0.3 is 5.97 Å². The second kappa shape index (κ2) is 5.86. The minimum absolute atomic E-state index is 0.186. The molecule has 0 aliphatic carbocycles. The molecule has 0 radical (unpaired) electrons. The highest BCUT2D eigenvalue weighted by Crippen LogP contribution is 2.16. The zero-order valence-electron chi connectivity index (χ0n) is 8.99. The van der Waals surface area contributed by atoms with Gasteiger partial charge in [-0.2, -0.15) is 0 Å². The first kappa shape index (κ1) is 11.3. The van der Waals surface area contributed by atoms with E-state index in [9.17, 15) is 4.79 Å². The van der Waals surface area contributed by atoms with E-state index >= 15 is 0 Å². The topological polar surface area (TPSA) is 38.3 Å². The van der Waals surface area contributed by atoms with Gasteiger partial charge in [-0.05, 0) is 18.6 Å². The first-order valence-corrected chi connectivity index (χ1v) is 4.80. The lowest BCUT2D eigenvalue weighted by molar-refractivity contribution is -0.138. The van der Waals surface area contributed by atoms with E-state index in [1.807, 2.05) is 43.3 Å². The zero-order chi connectivity index (χ0) is 11.1. The fourth-order valence-corrected chi connectivity index (χ4v) is 1.22. The normalized spacial score (nSPS) is 10.3. The van der Waals surface area contributed by atoms with E-state index in [0.29, 0.717) is 0 Å². The van der Waals surface area contributed by atoms with Crippen LogP contribution >= 0.6 is 0 Å². The van der Waals surface area contributed by atoms with Crippen molar-refractivity contribution >= 4 is 17.7 Å². The summed E-state index contributed by atoms with van der Waals surface area (Å²) in [5, 5.41) is 3.02. The summed E-state index contributed by atoms with van der Waals surface area (Å²) in [6, 6.07) is 7.79. The molecule has 0 bridgehead atoms. The van der Waals surface area contributed by atoms with Crippen molar-refractivity contribution in [1.29, 1.82) is 0 Å². The summed E-state index contributed by atoms with van der Waals surface area (Å²) in [6.45, 7) is 2.14. The Kier molecular flexibility index (Phi) is 4.41. The third-order valence-corrected chi connectivity index (χ3v) is 1.96. The van der Waals surface area contributed by atoms with Gasteiger partial charge in [-0.1, -0.05) is 30.4 Å². The van der Waals surface area contributed by atoms with Gasteiger partial charge in [-0.3, -0.25) is 4.79 Å². The minimum atomic E-state index is -0.273. The maximum atomic E-state index is 11.0. The molecule has 0 fully saturated rings. The van der Waals surface area contributed by atoms with E-state index in [0.717, 1.165) is 11.3 Å². The number of nitrogens with one attached hydrogen (secondary N) is 1. The molecule has 0 aliphatic heterocycles. The van der Waals surface area contributed by atoms with Crippen LogP contribution in [0.3, 0.4) is 0 Å². The molecule has 0 amide bonds. The van der Waals surface area contributed by atoms with Crippen molar-refractivity contribution in [2.24, 2.45) is 0 Å². The minimum Gasteiger partial charge on any atom is -0.468 e. The summed E-state index contributed by atoms with van der Waals surface area (Å²) in [4.78, 5) is 11.0. The molecule has 15 heavy (non-hydrogen) atoms. The molecule has 1 N–H and O–H groups in total. The average molecular weight is 205 g/mol. The first-order valence-electron chi connectivity index (χ1n) is 4.80. The highest BCUT2D eigenvalue weighted by molar-refractivity contribution is 5.76. The van der Waals surface area contributed by atoms with Crippen LogP contribution in [0.2, 0.25) is 0 Å². The van der Waals surface area contributed by atoms with Crippen molar-refractivity contribution in [3.63, 3.8) is 0 Å². The van der Waals surface area contributed by atoms with Crippen LogP contribution in [0.1, 0.15) is 12.5 Å². The average Bonchev–Trinajstić information content (AvgIpc) is 2.28. The molecule has 1 aromatic rings. The zero-order valence-corrected chi connectivity index (χ0v) is 8.99. The number of carbonyl (C=O) groups excluding carboxylic acids is 1. The number of allylic oxidation sites excluding steroid dienone is 1. The molecule has 3 heteroatoms. The van der Waals surface area contributed by atoms with Gasteiger partial charge in [0.2, 0.25) is 0 Å². The monoisotopic (exact) mass is 205 g/mol. The largest absolute Gasteiger partial charge is 0.468 e. The van der Waals surface area contributed by atoms with E-state index in [1.54, 1.807) is 0 Å². The number of rotatable bonds is 4. The van der Waals surface area contributed by atoms with Crippen LogP contribution < -0.4 is 5.32 Å². The van der Waals surface area contributed by atoms with E-state index in [2.05, 4.69) is 10.1 Å². The number of para-hydroxylation sites is 1. The fourth-order valence-electron chi connectivity index (χ4n) is 1.22. The first-order chi connectivity index (χ1) is 7.27. The fraction of sp³-hybridized carbons (Fsp3) is 0.250. The van der Waals surface area contributed by atoms with Gasteiger partial charge in [0, 0.05) is 5.69 Å². The lowest BCUT2D eigenvalue weighted by atomic mass is 10.1. The number of carbonyl (C=O) groups is 1. The van der Waals surface area contributed by atoms with E-state index in [1.165, 1.54) is 7.11 Å². The van der Waals surface area contributed by atoms with Crippen LogP contribution in [0.25, 0.3) is 6.08 Å². The Labute approximate surface area is 89.8 Å². The number of ether oxygens (including phenoxy) is 1. The Morgan fingerprint density at radius 3 is 2.87 bits per heavy atom. The van der Waals surface area contributed by atoms with Gasteiger partial charge in [-0.15, -0.1) is 0 Å². The predicted molar refractivity (Wildman–Crippen MR) is 61.7 cm³/mol. The molecule has 3 nitrogen and oxygen atoms in total. The van der Waals surface area contributed by atoms with Crippen molar-refractivity contribution in [2.45, 2.75) is 6.92 Å². The molecule has 0 saturated heterocycles. The molecule has 0 heterocycles. The number of methoxy groups -OCH3 is 1. The Morgan fingerprint density at radius 2 is 2.20 bits per heavy atom. The molecular formula is C12H15NO2. The molecular weight excluding hydrogens is 190 g/mol. The second-order valence-electron chi connectivity index (χ2n) is 3.02. The molecule has 1 aromatic carbocycles. The summed E-state index contributed by atoms with van der Waals surface area (Å²) in [6.07, 6.45) is 3.94. The lowest BCUT2D eigenvalue weighted by Gasteiger charge is -2.07. The van der Waals surface area contributed by atoms with Gasteiger partial charge in [0.15, 0.2) is 0 Å². The summed E-state index contributed by atoms with van der Waals surface area (Å²) in [7, 11) is 1.38. The van der Waals surface area contributed by atoms with Crippen LogP contribution in [-0.4, -0.2) is 19.6 Å². The standard InChI is InChI=1S/C12H15NO2/c1-3-6-10-7-4-5-8-11(10)13-9-12(14)15-2/h3-8,13H,9H2,1-2H3. The summed E-state index contributed by atoms with van der Waals surface area (Å²) in [5.41, 5.74) is 1.99. The molecule has 0 unspecified atom stereocenters. The number of hydrogen-bond donors (Lipinski definition) is 1. The van der Waals surface area contributed by atoms with Crippen LogP contribution in [0.4, 0.5) is 5.69 Å². The number of hydrogen-bond acceptors (Lipinski definition) is 3. The summed E-state index contributed by atoms with van der Waals surface area (Å²) in [5.74, 6) is -0.273. The van der Waals surface area contributed by atoms with Gasteiger partial charge in [0.25, 0.3) is 0 Å². The highest BCUT2D eigenvalue weighted by Gasteiger charge is 2.01. The molecule has 1 rings (SSSR count). The Morgan fingerprint density at radius 1 is 1.47 bits per heavy atom. The van der Waals surface area contributed by atoms with Crippen molar-refractivity contribution < 1.29 is 9.53 Å². The van der Waals surface area contributed by atoms with Crippen molar-refractivity contribution in [3.8, 4) is 0 Å². The smallest absolute Gasteiger partial charge is 0.325 e. The van der Waals surface area contributed by atoms with Gasteiger partial charge in [0.05, 0.1) is 7.11 Å². The maximum Gasteiger partial charge on any atom is 0.325 e. The van der Waals surface area contributed by atoms with Crippen molar-refractivity contribution in [2.75, 3.05) is 19.0 Å². The van der Waals surface area contributed by atoms with Crippen LogP contribution in [0.5, 0.6) is 0 Å².